The van der Waals surface area contributed by atoms with Crippen LogP contribution < -0.4 is 26.8 Å². The van der Waals surface area contributed by atoms with E-state index in [4.69, 9.17) is 4.74 Å². The largest absolute Gasteiger partial charge is 0.484 e. The van der Waals surface area contributed by atoms with Gasteiger partial charge in [-0.2, -0.15) is 0 Å². The first-order valence-electron chi connectivity index (χ1n) is 11.0. The summed E-state index contributed by atoms with van der Waals surface area (Å²) in [4.78, 5) is 55.1. The van der Waals surface area contributed by atoms with Crippen LogP contribution in [0.1, 0.15) is 12.5 Å². The number of benzene rings is 2. The van der Waals surface area contributed by atoms with E-state index in [2.05, 4.69) is 15.8 Å². The second kappa shape index (κ2) is 10.5. The maximum atomic E-state index is 13.2. The quantitative estimate of drug-likeness (QED) is 0.360. The number of carbonyl (C=O) groups is 2. The van der Waals surface area contributed by atoms with Crippen molar-refractivity contribution in [3.63, 3.8) is 0 Å². The first-order chi connectivity index (χ1) is 17.0. The molecule has 0 bridgehead atoms. The number of nitrogens with zero attached hydrogens (tertiary/aromatic N) is 4. The molecule has 0 unspecified atom stereocenters. The van der Waals surface area contributed by atoms with Crippen LogP contribution in [0.15, 0.2) is 76.6 Å². The molecule has 11 nitrogen and oxygen atoms in total. The van der Waals surface area contributed by atoms with Crippen LogP contribution in [-0.2, 0) is 29.2 Å². The summed E-state index contributed by atoms with van der Waals surface area (Å²) >= 11 is 0. The number of aryl methyl sites for hydroxylation is 1. The normalized spacial score (nSPS) is 10.8. The van der Waals surface area contributed by atoms with Crippen LogP contribution in [0.25, 0.3) is 11.2 Å². The molecule has 0 aliphatic heterocycles. The van der Waals surface area contributed by atoms with Gasteiger partial charge in [-0.15, -0.1) is 0 Å². The number of carbonyl (C=O) groups excluding carboxylic acids is 2. The van der Waals surface area contributed by atoms with Crippen molar-refractivity contribution in [2.24, 2.45) is 0 Å². The van der Waals surface area contributed by atoms with Crippen LogP contribution in [-0.4, -0.2) is 37.1 Å². The van der Waals surface area contributed by atoms with Crippen molar-refractivity contribution in [3.05, 3.63) is 93.4 Å². The molecular formula is C24H24N6O5. The third kappa shape index (κ3) is 5.29. The van der Waals surface area contributed by atoms with Crippen molar-refractivity contribution in [2.75, 3.05) is 6.61 Å². The number of hydrogen-bond acceptors (Lipinski definition) is 6. The molecule has 4 rings (SSSR count). The van der Waals surface area contributed by atoms with Crippen molar-refractivity contribution < 1.29 is 14.3 Å². The van der Waals surface area contributed by atoms with Crippen molar-refractivity contribution in [2.45, 2.75) is 26.6 Å². The fraction of sp³-hybridized carbons (Fsp3) is 0.208. The van der Waals surface area contributed by atoms with Crippen LogP contribution >= 0.6 is 0 Å². The molecular weight excluding hydrogens is 452 g/mol. The predicted octanol–water partition coefficient (Wildman–Crippen LogP) is 0.654. The highest BCUT2D eigenvalue weighted by Crippen LogP contribution is 2.10. The summed E-state index contributed by atoms with van der Waals surface area (Å²) in [5, 5.41) is 0. The summed E-state index contributed by atoms with van der Waals surface area (Å²) < 4.78 is 9.13. The summed E-state index contributed by atoms with van der Waals surface area (Å²) in [5.41, 5.74) is 4.41. The summed E-state index contributed by atoms with van der Waals surface area (Å²) in [5.74, 6) is -0.846. The Kier molecular flexibility index (Phi) is 7.05. The van der Waals surface area contributed by atoms with E-state index >= 15 is 0 Å². The topological polar surface area (TPSA) is 129 Å². The summed E-state index contributed by atoms with van der Waals surface area (Å²) in [6, 6.07) is 18.0. The summed E-state index contributed by atoms with van der Waals surface area (Å²) in [7, 11) is 0. The van der Waals surface area contributed by atoms with Gasteiger partial charge in [-0.3, -0.25) is 29.8 Å². The van der Waals surface area contributed by atoms with E-state index in [1.165, 1.54) is 10.9 Å². The molecule has 2 aromatic carbocycles. The van der Waals surface area contributed by atoms with E-state index in [9.17, 15) is 19.2 Å². The Balaban J connectivity index is 1.53. The van der Waals surface area contributed by atoms with Crippen LogP contribution in [0.4, 0.5) is 0 Å². The van der Waals surface area contributed by atoms with Gasteiger partial charge >= 0.3 is 5.69 Å². The molecule has 0 fully saturated rings. The third-order valence-electron chi connectivity index (χ3n) is 5.26. The number of aromatic nitrogens is 4. The SMILES string of the molecule is CCn1cnc2c1c(=O)n(CC(=O)NNC(=O)COc1ccccc1)c(=O)n2Cc1ccccc1. The average molecular weight is 476 g/mol. The van der Waals surface area contributed by atoms with Gasteiger partial charge in [-0.25, -0.2) is 14.3 Å². The van der Waals surface area contributed by atoms with E-state index in [1.54, 1.807) is 28.8 Å². The number of hydrazine groups is 1. The molecule has 180 valence electrons. The lowest BCUT2D eigenvalue weighted by Crippen LogP contribution is -2.49. The van der Waals surface area contributed by atoms with Gasteiger partial charge in [-0.1, -0.05) is 48.5 Å². The van der Waals surface area contributed by atoms with Gasteiger partial charge in [0, 0.05) is 6.54 Å². The molecule has 0 radical (unpaired) electrons. The molecule has 0 saturated carbocycles. The van der Waals surface area contributed by atoms with Gasteiger partial charge in [0.25, 0.3) is 17.4 Å². The highest BCUT2D eigenvalue weighted by molar-refractivity contribution is 5.82. The number of fused-ring (bicyclic) bond motifs is 1. The Morgan fingerprint density at radius 2 is 1.57 bits per heavy atom. The van der Waals surface area contributed by atoms with E-state index in [-0.39, 0.29) is 24.3 Å². The zero-order valence-electron chi connectivity index (χ0n) is 19.0. The highest BCUT2D eigenvalue weighted by atomic mass is 16.5. The second-order valence-corrected chi connectivity index (χ2v) is 7.65. The molecule has 0 spiro atoms. The maximum Gasteiger partial charge on any atom is 0.333 e. The highest BCUT2D eigenvalue weighted by Gasteiger charge is 2.19. The van der Waals surface area contributed by atoms with Crippen LogP contribution in [0.5, 0.6) is 5.75 Å². The molecule has 2 amide bonds. The Hall–Kier alpha value is -4.67. The number of ether oxygens (including phenoxy) is 1. The molecule has 11 heteroatoms. The number of rotatable bonds is 8. The Morgan fingerprint density at radius 1 is 0.914 bits per heavy atom. The molecule has 4 aromatic rings. The Labute approximate surface area is 199 Å². The van der Waals surface area contributed by atoms with Crippen molar-refractivity contribution in [3.8, 4) is 5.75 Å². The molecule has 0 atom stereocenters. The predicted molar refractivity (Wildman–Crippen MR) is 128 cm³/mol. The van der Waals surface area contributed by atoms with Gasteiger partial charge in [0.15, 0.2) is 17.8 Å². The fourth-order valence-corrected chi connectivity index (χ4v) is 3.55. The average Bonchev–Trinajstić information content (AvgIpc) is 3.32. The van der Waals surface area contributed by atoms with E-state index < -0.39 is 29.6 Å². The van der Waals surface area contributed by atoms with Crippen molar-refractivity contribution in [1.82, 2.24) is 29.5 Å². The van der Waals surface area contributed by atoms with Crippen molar-refractivity contribution >= 4 is 23.0 Å². The minimum atomic E-state index is -0.745. The monoisotopic (exact) mass is 476 g/mol. The van der Waals surface area contributed by atoms with Crippen LogP contribution in [0.3, 0.4) is 0 Å². The lowest BCUT2D eigenvalue weighted by atomic mass is 10.2. The summed E-state index contributed by atoms with van der Waals surface area (Å²) in [6.07, 6.45) is 1.49. The maximum absolute atomic E-state index is 13.2. The van der Waals surface area contributed by atoms with Gasteiger partial charge in [-0.05, 0) is 24.6 Å². The number of imidazole rings is 1. The zero-order chi connectivity index (χ0) is 24.8. The van der Waals surface area contributed by atoms with E-state index in [0.717, 1.165) is 10.1 Å². The molecule has 2 heterocycles. The molecule has 0 saturated heterocycles. The van der Waals surface area contributed by atoms with Gasteiger partial charge in [0.05, 0.1) is 12.9 Å². The van der Waals surface area contributed by atoms with Gasteiger partial charge in [0.1, 0.15) is 12.3 Å². The molecule has 2 N–H and O–H groups in total. The van der Waals surface area contributed by atoms with Crippen LogP contribution in [0, 0.1) is 0 Å². The Morgan fingerprint density at radius 3 is 2.26 bits per heavy atom. The first kappa shape index (κ1) is 23.5. The molecule has 35 heavy (non-hydrogen) atoms. The summed E-state index contributed by atoms with van der Waals surface area (Å²) in [6.45, 7) is 1.56. The standard InChI is InChI=1S/C24H24N6O5/c1-2-28-16-25-22-21(28)23(33)30(24(34)29(22)13-17-9-5-3-6-10-17)14-19(31)26-27-20(32)15-35-18-11-7-4-8-12-18/h3-12,16H,2,13-15H2,1H3,(H,26,31)(H,27,32). The fourth-order valence-electron chi connectivity index (χ4n) is 3.55. The van der Waals surface area contributed by atoms with Crippen LogP contribution in [0.2, 0.25) is 0 Å². The second-order valence-electron chi connectivity index (χ2n) is 7.65. The Bertz CT molecular complexity index is 1460. The minimum Gasteiger partial charge on any atom is -0.484 e. The number of para-hydroxylation sites is 1. The van der Waals surface area contributed by atoms with E-state index in [1.807, 2.05) is 43.3 Å². The van der Waals surface area contributed by atoms with Gasteiger partial charge in [0.2, 0.25) is 0 Å². The number of amides is 2. The molecule has 0 aliphatic carbocycles. The first-order valence-corrected chi connectivity index (χ1v) is 11.0. The van der Waals surface area contributed by atoms with Gasteiger partial charge < -0.3 is 9.30 Å². The van der Waals surface area contributed by atoms with E-state index in [0.29, 0.717) is 12.3 Å². The minimum absolute atomic E-state index is 0.173. The third-order valence-corrected chi connectivity index (χ3v) is 5.26. The molecule has 0 aliphatic rings. The lowest BCUT2D eigenvalue weighted by molar-refractivity contribution is -0.130. The number of hydrogen-bond donors (Lipinski definition) is 2. The zero-order valence-corrected chi connectivity index (χ0v) is 19.0. The molecule has 2 aromatic heterocycles. The smallest absolute Gasteiger partial charge is 0.333 e. The van der Waals surface area contributed by atoms with Crippen molar-refractivity contribution in [1.29, 1.82) is 0 Å². The lowest BCUT2D eigenvalue weighted by Gasteiger charge is -2.13. The number of nitrogens with one attached hydrogen (secondary N) is 2.